The second-order valence-corrected chi connectivity index (χ2v) is 11.0. The Balaban J connectivity index is 1.52. The van der Waals surface area contributed by atoms with Gasteiger partial charge in [0, 0.05) is 18.7 Å². The van der Waals surface area contributed by atoms with Crippen molar-refractivity contribution in [3.63, 3.8) is 0 Å². The molecule has 3 aromatic carbocycles. The Morgan fingerprint density at radius 1 is 0.951 bits per heavy atom. The molecule has 1 aliphatic rings. The van der Waals surface area contributed by atoms with Gasteiger partial charge in [0.15, 0.2) is 5.82 Å². The number of aromatic nitrogens is 5. The Morgan fingerprint density at radius 2 is 1.68 bits per heavy atom. The third kappa shape index (κ3) is 5.79. The minimum atomic E-state index is -0.470. The molecule has 1 aliphatic carbocycles. The van der Waals surface area contributed by atoms with Gasteiger partial charge in [0.1, 0.15) is 11.8 Å². The lowest BCUT2D eigenvalue weighted by Gasteiger charge is -2.33. The lowest BCUT2D eigenvalue weighted by molar-refractivity contribution is 0.186. The molecule has 8 heteroatoms. The van der Waals surface area contributed by atoms with Gasteiger partial charge >= 0.3 is 0 Å². The van der Waals surface area contributed by atoms with Crippen LogP contribution in [0.2, 0.25) is 0 Å². The van der Waals surface area contributed by atoms with Crippen LogP contribution >= 0.6 is 0 Å². The summed E-state index contributed by atoms with van der Waals surface area (Å²) in [6.45, 7) is 3.22. The van der Waals surface area contributed by atoms with Crippen molar-refractivity contribution in [3.8, 4) is 5.75 Å². The van der Waals surface area contributed by atoms with Crippen LogP contribution in [0.15, 0.2) is 83.7 Å². The van der Waals surface area contributed by atoms with Crippen LogP contribution in [0.25, 0.3) is 10.9 Å². The van der Waals surface area contributed by atoms with Crippen LogP contribution in [0, 0.1) is 6.92 Å². The first kappa shape index (κ1) is 26.9. The highest BCUT2D eigenvalue weighted by atomic mass is 16.5. The van der Waals surface area contributed by atoms with E-state index in [1.807, 2.05) is 66.2 Å². The lowest BCUT2D eigenvalue weighted by Crippen LogP contribution is -2.35. The van der Waals surface area contributed by atoms with E-state index in [1.165, 1.54) is 6.42 Å². The molecule has 2 aromatic heterocycles. The summed E-state index contributed by atoms with van der Waals surface area (Å²) >= 11 is 0. The number of aryl methyl sites for hydroxylation is 1. The summed E-state index contributed by atoms with van der Waals surface area (Å²) in [5.41, 5.74) is 4.67. The number of ether oxygens (including phenoxy) is 1. The zero-order valence-electron chi connectivity index (χ0n) is 23.7. The predicted octanol–water partition coefficient (Wildman–Crippen LogP) is 6.13. The molecule has 1 saturated carbocycles. The Hall–Kier alpha value is -4.30. The summed E-state index contributed by atoms with van der Waals surface area (Å²) < 4.78 is 7.40. The second kappa shape index (κ2) is 12.1. The quantitative estimate of drug-likeness (QED) is 0.238. The molecule has 1 fully saturated rings. The number of hydrogen-bond acceptors (Lipinski definition) is 6. The number of tetrazole rings is 1. The molecule has 0 radical (unpaired) electrons. The van der Waals surface area contributed by atoms with Crippen LogP contribution in [0.4, 0.5) is 0 Å². The highest BCUT2D eigenvalue weighted by Gasteiger charge is 2.33. The molecule has 5 aromatic rings. The average Bonchev–Trinajstić information content (AvgIpc) is 3.49. The zero-order chi connectivity index (χ0) is 28.2. The van der Waals surface area contributed by atoms with E-state index >= 15 is 0 Å². The normalized spacial score (nSPS) is 14.9. The molecule has 6 rings (SSSR count). The van der Waals surface area contributed by atoms with Crippen molar-refractivity contribution in [2.45, 2.75) is 64.2 Å². The first-order chi connectivity index (χ1) is 20.1. The Morgan fingerprint density at radius 3 is 2.41 bits per heavy atom. The van der Waals surface area contributed by atoms with Crippen molar-refractivity contribution < 1.29 is 4.74 Å². The average molecular weight is 549 g/mol. The summed E-state index contributed by atoms with van der Waals surface area (Å²) in [7, 11) is 1.67. The molecule has 0 saturated heterocycles. The van der Waals surface area contributed by atoms with Crippen molar-refractivity contribution in [2.75, 3.05) is 7.11 Å². The monoisotopic (exact) mass is 548 g/mol. The molecular weight excluding hydrogens is 512 g/mol. The van der Waals surface area contributed by atoms with Crippen molar-refractivity contribution in [1.82, 2.24) is 30.1 Å². The molecule has 1 atom stereocenters. The van der Waals surface area contributed by atoms with Gasteiger partial charge in [-0.25, -0.2) is 4.68 Å². The van der Waals surface area contributed by atoms with Gasteiger partial charge in [0.05, 0.1) is 18.7 Å². The number of nitrogens with zero attached hydrogens (tertiary/aromatic N) is 5. The van der Waals surface area contributed by atoms with E-state index in [4.69, 9.17) is 4.74 Å². The summed E-state index contributed by atoms with van der Waals surface area (Å²) in [6, 6.07) is 26.3. The second-order valence-electron chi connectivity index (χ2n) is 11.0. The summed E-state index contributed by atoms with van der Waals surface area (Å²) in [5, 5.41) is 14.3. The van der Waals surface area contributed by atoms with E-state index in [2.05, 4.69) is 49.7 Å². The number of methoxy groups -OCH3 is 1. The number of benzene rings is 3. The molecule has 1 unspecified atom stereocenters. The fourth-order valence-electron chi connectivity index (χ4n) is 6.09. The first-order valence-corrected chi connectivity index (χ1v) is 14.4. The molecular formula is C33H36N6O2. The largest absolute Gasteiger partial charge is 0.497 e. The topological polar surface area (TPSA) is 88.9 Å². The number of H-pyrrole nitrogens is 1. The molecule has 41 heavy (non-hydrogen) atoms. The van der Waals surface area contributed by atoms with E-state index in [-0.39, 0.29) is 11.6 Å². The maximum Gasteiger partial charge on any atom is 0.253 e. The SMILES string of the molecule is COc1ccc(CN(Cc2ccccc2)C(c2cc3cccc(C)c3[nH]c2=O)c2nnnn2C2CCCCC2)cc1. The maximum absolute atomic E-state index is 13.9. The summed E-state index contributed by atoms with van der Waals surface area (Å²) in [5.74, 6) is 1.52. The Labute approximate surface area is 240 Å². The van der Waals surface area contributed by atoms with Crippen LogP contribution in [-0.2, 0) is 13.1 Å². The lowest BCUT2D eigenvalue weighted by atomic mass is 9.94. The molecule has 210 valence electrons. The van der Waals surface area contributed by atoms with Crippen molar-refractivity contribution in [1.29, 1.82) is 0 Å². The smallest absolute Gasteiger partial charge is 0.253 e. The standard InChI is InChI=1S/C33H36N6O2/c1-23-10-9-13-26-20-29(33(40)34-30(23)26)31(32-35-36-37-39(32)27-14-7-4-8-15-27)38(21-24-11-5-3-6-12-24)22-25-16-18-28(41-2)19-17-25/h3,5-6,9-13,16-20,27,31H,4,7-8,14-15,21-22H2,1-2H3,(H,34,40). The fraction of sp³-hybridized carbons (Fsp3) is 0.333. The first-order valence-electron chi connectivity index (χ1n) is 14.4. The van der Waals surface area contributed by atoms with Gasteiger partial charge in [-0.15, -0.1) is 5.10 Å². The molecule has 2 heterocycles. The van der Waals surface area contributed by atoms with E-state index in [9.17, 15) is 4.79 Å². The van der Waals surface area contributed by atoms with Gasteiger partial charge in [0.2, 0.25) is 0 Å². The summed E-state index contributed by atoms with van der Waals surface area (Å²) in [6.07, 6.45) is 5.62. The highest BCUT2D eigenvalue weighted by Crippen LogP contribution is 2.35. The van der Waals surface area contributed by atoms with E-state index < -0.39 is 6.04 Å². The summed E-state index contributed by atoms with van der Waals surface area (Å²) in [4.78, 5) is 19.4. The van der Waals surface area contributed by atoms with E-state index in [0.717, 1.165) is 59.0 Å². The van der Waals surface area contributed by atoms with Crippen molar-refractivity contribution in [2.24, 2.45) is 0 Å². The van der Waals surface area contributed by atoms with Crippen LogP contribution in [0.1, 0.15) is 72.3 Å². The molecule has 1 N–H and O–H groups in total. The van der Waals surface area contributed by atoms with Crippen LogP contribution in [-0.4, -0.2) is 37.2 Å². The molecule has 0 amide bonds. The number of rotatable bonds is 9. The Bertz CT molecular complexity index is 1660. The molecule has 0 aliphatic heterocycles. The van der Waals surface area contributed by atoms with Gasteiger partial charge in [-0.1, -0.05) is 79.9 Å². The number of fused-ring (bicyclic) bond motifs is 1. The number of pyridine rings is 1. The third-order valence-corrected chi connectivity index (χ3v) is 8.23. The Kier molecular flexibility index (Phi) is 7.91. The zero-order valence-corrected chi connectivity index (χ0v) is 23.7. The molecule has 8 nitrogen and oxygen atoms in total. The van der Waals surface area contributed by atoms with Gasteiger partial charge in [0.25, 0.3) is 5.56 Å². The maximum atomic E-state index is 13.9. The number of hydrogen-bond donors (Lipinski definition) is 1. The number of aromatic amines is 1. The van der Waals surface area contributed by atoms with Gasteiger partial charge in [-0.2, -0.15) is 0 Å². The molecule has 0 bridgehead atoms. The van der Waals surface area contributed by atoms with Gasteiger partial charge in [-0.05, 0) is 70.5 Å². The fourth-order valence-corrected chi connectivity index (χ4v) is 6.09. The van der Waals surface area contributed by atoms with Crippen molar-refractivity contribution >= 4 is 10.9 Å². The van der Waals surface area contributed by atoms with Crippen molar-refractivity contribution in [3.05, 3.63) is 117 Å². The minimum Gasteiger partial charge on any atom is -0.497 e. The number of nitrogens with one attached hydrogen (secondary N) is 1. The van der Waals surface area contributed by atoms with Crippen LogP contribution < -0.4 is 10.3 Å². The number of para-hydroxylation sites is 1. The van der Waals surface area contributed by atoms with E-state index in [0.29, 0.717) is 24.5 Å². The van der Waals surface area contributed by atoms with Crippen LogP contribution in [0.3, 0.4) is 0 Å². The van der Waals surface area contributed by atoms with E-state index in [1.54, 1.807) is 7.11 Å². The van der Waals surface area contributed by atoms with Gasteiger partial charge < -0.3 is 9.72 Å². The minimum absolute atomic E-state index is 0.122. The molecule has 0 spiro atoms. The van der Waals surface area contributed by atoms with Gasteiger partial charge in [-0.3, -0.25) is 9.69 Å². The predicted molar refractivity (Wildman–Crippen MR) is 160 cm³/mol. The van der Waals surface area contributed by atoms with Crippen LogP contribution in [0.5, 0.6) is 5.75 Å². The highest BCUT2D eigenvalue weighted by molar-refractivity contribution is 5.82. The third-order valence-electron chi connectivity index (χ3n) is 8.23.